The number of nitrogens with two attached hydrogens (primary N) is 1. The number of aromatic nitrogens is 3. The molecule has 0 fully saturated rings. The molecule has 2 rings (SSSR count). The van der Waals surface area contributed by atoms with E-state index in [0.717, 1.165) is 27.7 Å². The predicted molar refractivity (Wildman–Crippen MR) is 91.1 cm³/mol. The SMILES string of the molecule is C=C(F)/C=C\C(=C/C)c1[nH]c(SC)nc1-c1ccnc(N)c1. The Labute approximate surface area is 133 Å². The van der Waals surface area contributed by atoms with E-state index in [9.17, 15) is 4.39 Å². The molecule has 114 valence electrons. The van der Waals surface area contributed by atoms with Crippen LogP contribution in [0.2, 0.25) is 0 Å². The Morgan fingerprint density at radius 1 is 1.45 bits per heavy atom. The number of nitrogen functional groups attached to an aromatic ring is 1. The zero-order valence-electron chi connectivity index (χ0n) is 12.4. The van der Waals surface area contributed by atoms with E-state index >= 15 is 0 Å². The first-order valence-corrected chi connectivity index (χ1v) is 7.82. The highest BCUT2D eigenvalue weighted by Gasteiger charge is 2.14. The molecule has 0 atom stereocenters. The first-order chi connectivity index (χ1) is 10.5. The molecule has 3 N–H and O–H groups in total. The Morgan fingerprint density at radius 3 is 2.82 bits per heavy atom. The van der Waals surface area contributed by atoms with Crippen LogP contribution < -0.4 is 5.73 Å². The van der Waals surface area contributed by atoms with Gasteiger partial charge in [0.25, 0.3) is 0 Å². The van der Waals surface area contributed by atoms with E-state index < -0.39 is 5.83 Å². The fraction of sp³-hybridized carbons (Fsp3) is 0.125. The van der Waals surface area contributed by atoms with Crippen molar-refractivity contribution < 1.29 is 4.39 Å². The molecule has 0 aliphatic carbocycles. The average Bonchev–Trinajstić information content (AvgIpc) is 2.92. The molecule has 6 heteroatoms. The van der Waals surface area contributed by atoms with Crippen molar-refractivity contribution in [1.29, 1.82) is 0 Å². The topological polar surface area (TPSA) is 67.6 Å². The molecule has 0 spiro atoms. The average molecular weight is 316 g/mol. The fourth-order valence-electron chi connectivity index (χ4n) is 1.97. The van der Waals surface area contributed by atoms with Crippen molar-refractivity contribution in [2.24, 2.45) is 0 Å². The van der Waals surface area contributed by atoms with Crippen LogP contribution in [0.1, 0.15) is 12.6 Å². The summed E-state index contributed by atoms with van der Waals surface area (Å²) in [7, 11) is 0. The standard InChI is InChI=1S/C16H17FN4S/c1-4-11(6-5-10(2)17)14-15(21-16(20-14)22-3)12-7-8-19-13(18)9-12/h4-9H,2H2,1,3H3,(H2,18,19)(H,20,21)/b6-5-,11-4+. The number of allylic oxidation sites excluding steroid dienone is 5. The number of anilines is 1. The number of nitrogens with zero attached hydrogens (tertiary/aromatic N) is 2. The summed E-state index contributed by atoms with van der Waals surface area (Å²) in [5.74, 6) is -0.0782. The maximum atomic E-state index is 12.9. The number of thioether (sulfide) groups is 1. The molecule has 0 saturated carbocycles. The molecule has 0 radical (unpaired) electrons. The molecule has 4 nitrogen and oxygen atoms in total. The number of aromatic amines is 1. The van der Waals surface area contributed by atoms with Gasteiger partial charge in [-0.15, -0.1) is 0 Å². The van der Waals surface area contributed by atoms with Crippen LogP contribution in [0.5, 0.6) is 0 Å². The van der Waals surface area contributed by atoms with Crippen LogP contribution in [-0.4, -0.2) is 21.2 Å². The van der Waals surface area contributed by atoms with Gasteiger partial charge in [-0.1, -0.05) is 30.5 Å². The van der Waals surface area contributed by atoms with Gasteiger partial charge in [-0.25, -0.2) is 14.4 Å². The van der Waals surface area contributed by atoms with Gasteiger partial charge in [0, 0.05) is 11.8 Å². The molecule has 0 bridgehead atoms. The van der Waals surface area contributed by atoms with Crippen LogP contribution in [0.3, 0.4) is 0 Å². The molecule has 0 saturated heterocycles. The quantitative estimate of drug-likeness (QED) is 0.640. The number of halogens is 1. The number of H-pyrrole nitrogens is 1. The number of imidazole rings is 1. The van der Waals surface area contributed by atoms with Gasteiger partial charge in [-0.2, -0.15) is 0 Å². The summed E-state index contributed by atoms with van der Waals surface area (Å²) < 4.78 is 12.9. The predicted octanol–water partition coefficient (Wildman–Crippen LogP) is 4.22. The van der Waals surface area contributed by atoms with Crippen molar-refractivity contribution in [3.05, 3.63) is 54.7 Å². The molecule has 2 aromatic rings. The molecule has 0 aliphatic rings. The molecule has 0 unspecified atom stereocenters. The highest BCUT2D eigenvalue weighted by molar-refractivity contribution is 7.98. The molecule has 2 aromatic heterocycles. The first kappa shape index (κ1) is 16.0. The molecule has 0 aliphatic heterocycles. The zero-order chi connectivity index (χ0) is 16.1. The van der Waals surface area contributed by atoms with Crippen LogP contribution in [0.4, 0.5) is 10.2 Å². The van der Waals surface area contributed by atoms with Crippen molar-refractivity contribution in [1.82, 2.24) is 15.0 Å². The second-order valence-electron chi connectivity index (χ2n) is 4.46. The highest BCUT2D eigenvalue weighted by Crippen LogP contribution is 2.30. The maximum absolute atomic E-state index is 12.9. The van der Waals surface area contributed by atoms with Gasteiger partial charge in [0.1, 0.15) is 11.6 Å². The lowest BCUT2D eigenvalue weighted by molar-refractivity contribution is 0.671. The molecule has 0 amide bonds. The summed E-state index contributed by atoms with van der Waals surface area (Å²) in [4.78, 5) is 11.8. The summed E-state index contributed by atoms with van der Waals surface area (Å²) in [5.41, 5.74) is 8.97. The van der Waals surface area contributed by atoms with Crippen LogP contribution in [0.15, 0.2) is 54.1 Å². The summed E-state index contributed by atoms with van der Waals surface area (Å²) in [5, 5.41) is 0.771. The second-order valence-corrected chi connectivity index (χ2v) is 5.26. The van der Waals surface area contributed by atoms with Crippen LogP contribution in [-0.2, 0) is 0 Å². The van der Waals surface area contributed by atoms with E-state index in [1.54, 1.807) is 18.3 Å². The fourth-order valence-corrected chi connectivity index (χ4v) is 2.35. The molecule has 0 aromatic carbocycles. The lowest BCUT2D eigenvalue weighted by atomic mass is 10.1. The number of nitrogens with one attached hydrogen (secondary N) is 1. The number of hydrogen-bond donors (Lipinski definition) is 2. The van der Waals surface area contributed by atoms with Gasteiger partial charge in [0.15, 0.2) is 5.16 Å². The normalized spacial score (nSPS) is 12.0. The molecular weight excluding hydrogens is 299 g/mol. The van der Waals surface area contributed by atoms with E-state index in [1.165, 1.54) is 17.8 Å². The van der Waals surface area contributed by atoms with Crippen LogP contribution in [0.25, 0.3) is 16.8 Å². The Morgan fingerprint density at radius 2 is 2.23 bits per heavy atom. The van der Waals surface area contributed by atoms with Crippen molar-refractivity contribution in [2.75, 3.05) is 12.0 Å². The van der Waals surface area contributed by atoms with Gasteiger partial charge < -0.3 is 10.7 Å². The third kappa shape index (κ3) is 3.65. The van der Waals surface area contributed by atoms with Crippen LogP contribution >= 0.6 is 11.8 Å². The van der Waals surface area contributed by atoms with Gasteiger partial charge in [0.05, 0.1) is 11.4 Å². The third-order valence-corrected chi connectivity index (χ3v) is 3.55. The number of rotatable bonds is 5. The second kappa shape index (κ2) is 7.09. The van der Waals surface area contributed by atoms with Crippen LogP contribution in [0, 0.1) is 0 Å². The van der Waals surface area contributed by atoms with E-state index in [2.05, 4.69) is 21.5 Å². The smallest absolute Gasteiger partial charge is 0.166 e. The van der Waals surface area contributed by atoms with E-state index in [4.69, 9.17) is 5.73 Å². The summed E-state index contributed by atoms with van der Waals surface area (Å²) >= 11 is 1.50. The minimum Gasteiger partial charge on any atom is -0.384 e. The Bertz CT molecular complexity index is 746. The number of pyridine rings is 1. The lowest BCUT2D eigenvalue weighted by Crippen LogP contribution is -1.92. The summed E-state index contributed by atoms with van der Waals surface area (Å²) in [6.07, 6.45) is 8.43. The minimum absolute atomic E-state index is 0.423. The lowest BCUT2D eigenvalue weighted by Gasteiger charge is -2.04. The van der Waals surface area contributed by atoms with Crippen molar-refractivity contribution >= 4 is 23.2 Å². The van der Waals surface area contributed by atoms with E-state index in [-0.39, 0.29) is 0 Å². The molecule has 2 heterocycles. The highest BCUT2D eigenvalue weighted by atomic mass is 32.2. The van der Waals surface area contributed by atoms with Crippen molar-refractivity contribution in [3.8, 4) is 11.3 Å². The Kier molecular flexibility index (Phi) is 5.16. The van der Waals surface area contributed by atoms with Gasteiger partial charge in [-0.05, 0) is 37.0 Å². The van der Waals surface area contributed by atoms with E-state index in [0.29, 0.717) is 5.82 Å². The van der Waals surface area contributed by atoms with Crippen molar-refractivity contribution in [2.45, 2.75) is 12.1 Å². The van der Waals surface area contributed by atoms with Gasteiger partial charge in [0.2, 0.25) is 0 Å². The molecular formula is C16H17FN4S. The first-order valence-electron chi connectivity index (χ1n) is 6.60. The Hall–Kier alpha value is -2.34. The Balaban J connectivity index is 2.55. The summed E-state index contributed by atoms with van der Waals surface area (Å²) in [6, 6.07) is 3.60. The minimum atomic E-state index is -0.501. The zero-order valence-corrected chi connectivity index (χ0v) is 13.2. The van der Waals surface area contributed by atoms with E-state index in [1.807, 2.05) is 25.3 Å². The van der Waals surface area contributed by atoms with Crippen molar-refractivity contribution in [3.63, 3.8) is 0 Å². The van der Waals surface area contributed by atoms with Gasteiger partial charge in [-0.3, -0.25) is 0 Å². The third-order valence-electron chi connectivity index (χ3n) is 2.97. The molecule has 22 heavy (non-hydrogen) atoms. The monoisotopic (exact) mass is 316 g/mol. The number of hydrogen-bond acceptors (Lipinski definition) is 4. The maximum Gasteiger partial charge on any atom is 0.166 e. The summed E-state index contributed by atoms with van der Waals surface area (Å²) in [6.45, 7) is 5.11. The van der Waals surface area contributed by atoms with Gasteiger partial charge >= 0.3 is 0 Å². The largest absolute Gasteiger partial charge is 0.384 e.